The van der Waals surface area contributed by atoms with Crippen LogP contribution < -0.4 is 4.90 Å². The van der Waals surface area contributed by atoms with E-state index in [1.807, 2.05) is 0 Å². The standard InChI is InChI=1S/C16H21NO2/c18-16(19)9-12-7-8-17(11-12)15-6-5-13-3-1-2-4-14(13)10-15/h5-6,10,12H,1-4,7-9,11H2,(H,18,19). The van der Waals surface area contributed by atoms with Crippen LogP contribution in [0.4, 0.5) is 5.69 Å². The fourth-order valence-electron chi connectivity index (χ4n) is 3.40. The molecule has 3 nitrogen and oxygen atoms in total. The molecule has 0 amide bonds. The predicted octanol–water partition coefficient (Wildman–Crippen LogP) is 2.87. The minimum atomic E-state index is -0.669. The highest BCUT2D eigenvalue weighted by Crippen LogP contribution is 2.30. The number of nitrogens with zero attached hydrogens (tertiary/aromatic N) is 1. The molecule has 3 rings (SSSR count). The number of hydrogen-bond donors (Lipinski definition) is 1. The maximum atomic E-state index is 10.8. The van der Waals surface area contributed by atoms with E-state index in [0.717, 1.165) is 19.5 Å². The molecule has 102 valence electrons. The Morgan fingerprint density at radius 2 is 2.05 bits per heavy atom. The molecule has 0 saturated carbocycles. The summed E-state index contributed by atoms with van der Waals surface area (Å²) in [6.45, 7) is 1.89. The highest BCUT2D eigenvalue weighted by Gasteiger charge is 2.25. The zero-order valence-electron chi connectivity index (χ0n) is 11.3. The first-order valence-corrected chi connectivity index (χ1v) is 7.31. The molecule has 1 aliphatic carbocycles. The number of benzene rings is 1. The van der Waals surface area contributed by atoms with Crippen LogP contribution in [-0.2, 0) is 17.6 Å². The Morgan fingerprint density at radius 1 is 1.26 bits per heavy atom. The van der Waals surface area contributed by atoms with Crippen LogP contribution in [0.5, 0.6) is 0 Å². The first kappa shape index (κ1) is 12.5. The number of aryl methyl sites for hydroxylation is 2. The van der Waals surface area contributed by atoms with Gasteiger partial charge in [-0.2, -0.15) is 0 Å². The van der Waals surface area contributed by atoms with Crippen molar-refractivity contribution in [3.8, 4) is 0 Å². The quantitative estimate of drug-likeness (QED) is 0.907. The molecule has 3 heteroatoms. The summed E-state index contributed by atoms with van der Waals surface area (Å²) < 4.78 is 0. The van der Waals surface area contributed by atoms with Gasteiger partial charge in [0.15, 0.2) is 0 Å². The van der Waals surface area contributed by atoms with Crippen LogP contribution in [0.3, 0.4) is 0 Å². The number of hydrogen-bond acceptors (Lipinski definition) is 2. The van der Waals surface area contributed by atoms with Crippen molar-refractivity contribution in [2.75, 3.05) is 18.0 Å². The van der Waals surface area contributed by atoms with Crippen LogP contribution in [0.25, 0.3) is 0 Å². The van der Waals surface area contributed by atoms with E-state index in [1.165, 1.54) is 42.5 Å². The van der Waals surface area contributed by atoms with Gasteiger partial charge in [-0.1, -0.05) is 6.07 Å². The normalized spacial score (nSPS) is 22.3. The number of carbonyl (C=O) groups is 1. The number of rotatable bonds is 3. The fraction of sp³-hybridized carbons (Fsp3) is 0.562. The molecule has 1 aromatic carbocycles. The van der Waals surface area contributed by atoms with Crippen LogP contribution in [-0.4, -0.2) is 24.2 Å². The van der Waals surface area contributed by atoms with Gasteiger partial charge < -0.3 is 10.0 Å². The molecule has 1 unspecified atom stereocenters. The maximum absolute atomic E-state index is 10.8. The number of fused-ring (bicyclic) bond motifs is 1. The van der Waals surface area contributed by atoms with Crippen LogP contribution in [0.2, 0.25) is 0 Å². The summed E-state index contributed by atoms with van der Waals surface area (Å²) in [6, 6.07) is 6.82. The summed E-state index contributed by atoms with van der Waals surface area (Å²) in [5, 5.41) is 8.87. The van der Waals surface area contributed by atoms with Gasteiger partial charge >= 0.3 is 5.97 Å². The average Bonchev–Trinajstić information content (AvgIpc) is 2.86. The first-order chi connectivity index (χ1) is 9.22. The van der Waals surface area contributed by atoms with Crippen LogP contribution in [0.15, 0.2) is 18.2 Å². The molecule has 1 saturated heterocycles. The lowest BCUT2D eigenvalue weighted by Gasteiger charge is -2.22. The molecule has 2 aliphatic rings. The van der Waals surface area contributed by atoms with E-state index in [2.05, 4.69) is 23.1 Å². The Morgan fingerprint density at radius 3 is 2.84 bits per heavy atom. The van der Waals surface area contributed by atoms with Gasteiger partial charge in [0.05, 0.1) is 0 Å². The van der Waals surface area contributed by atoms with Crippen molar-refractivity contribution in [3.05, 3.63) is 29.3 Å². The molecule has 0 radical (unpaired) electrons. The van der Waals surface area contributed by atoms with Crippen LogP contribution in [0, 0.1) is 5.92 Å². The van der Waals surface area contributed by atoms with Crippen molar-refractivity contribution in [2.24, 2.45) is 5.92 Å². The fourth-order valence-corrected chi connectivity index (χ4v) is 3.40. The van der Waals surface area contributed by atoms with Gasteiger partial charge in [-0.15, -0.1) is 0 Å². The summed E-state index contributed by atoms with van der Waals surface area (Å²) in [5.41, 5.74) is 4.30. The highest BCUT2D eigenvalue weighted by atomic mass is 16.4. The molecule has 1 N–H and O–H groups in total. The lowest BCUT2D eigenvalue weighted by atomic mass is 9.91. The highest BCUT2D eigenvalue weighted by molar-refractivity contribution is 5.67. The largest absolute Gasteiger partial charge is 0.481 e. The Hall–Kier alpha value is -1.51. The molecule has 1 aromatic rings. The molecular weight excluding hydrogens is 238 g/mol. The van der Waals surface area contributed by atoms with Gasteiger partial charge in [-0.05, 0) is 61.3 Å². The summed E-state index contributed by atoms with van der Waals surface area (Å²) >= 11 is 0. The van der Waals surface area contributed by atoms with Crippen LogP contribution in [0.1, 0.15) is 36.8 Å². The Labute approximate surface area is 114 Å². The molecule has 1 heterocycles. The van der Waals surface area contributed by atoms with E-state index in [4.69, 9.17) is 5.11 Å². The second kappa shape index (κ2) is 5.24. The summed E-state index contributed by atoms with van der Waals surface area (Å²) in [4.78, 5) is 13.1. The Balaban J connectivity index is 1.71. The molecule has 0 aromatic heterocycles. The molecular formula is C16H21NO2. The van der Waals surface area contributed by atoms with Crippen molar-refractivity contribution >= 4 is 11.7 Å². The van der Waals surface area contributed by atoms with Gasteiger partial charge in [0, 0.05) is 25.2 Å². The monoisotopic (exact) mass is 259 g/mol. The topological polar surface area (TPSA) is 40.5 Å². The summed E-state index contributed by atoms with van der Waals surface area (Å²) in [5.74, 6) is -0.356. The molecule has 1 fully saturated rings. The molecule has 0 spiro atoms. The third-order valence-electron chi connectivity index (χ3n) is 4.45. The Kier molecular flexibility index (Phi) is 3.45. The lowest BCUT2D eigenvalue weighted by molar-refractivity contribution is -0.137. The maximum Gasteiger partial charge on any atom is 0.303 e. The van der Waals surface area contributed by atoms with Crippen LogP contribution >= 0.6 is 0 Å². The summed E-state index contributed by atoms with van der Waals surface area (Å²) in [7, 11) is 0. The van der Waals surface area contributed by atoms with E-state index >= 15 is 0 Å². The summed E-state index contributed by atoms with van der Waals surface area (Å²) in [6.07, 6.45) is 6.35. The van der Waals surface area contributed by atoms with E-state index in [0.29, 0.717) is 12.3 Å². The number of aliphatic carboxylic acids is 1. The second-order valence-electron chi connectivity index (χ2n) is 5.86. The van der Waals surface area contributed by atoms with E-state index < -0.39 is 5.97 Å². The van der Waals surface area contributed by atoms with Crippen molar-refractivity contribution in [1.82, 2.24) is 0 Å². The molecule has 19 heavy (non-hydrogen) atoms. The zero-order valence-corrected chi connectivity index (χ0v) is 11.3. The second-order valence-corrected chi connectivity index (χ2v) is 5.86. The smallest absolute Gasteiger partial charge is 0.303 e. The van der Waals surface area contributed by atoms with Crippen molar-refractivity contribution in [3.63, 3.8) is 0 Å². The molecule has 0 bridgehead atoms. The molecule has 1 aliphatic heterocycles. The minimum Gasteiger partial charge on any atom is -0.481 e. The predicted molar refractivity (Wildman–Crippen MR) is 75.7 cm³/mol. The van der Waals surface area contributed by atoms with Crippen molar-refractivity contribution in [1.29, 1.82) is 0 Å². The zero-order chi connectivity index (χ0) is 13.2. The first-order valence-electron chi connectivity index (χ1n) is 7.31. The third-order valence-corrected chi connectivity index (χ3v) is 4.45. The SMILES string of the molecule is O=C(O)CC1CCN(c2ccc3c(c2)CCCC3)C1. The molecule has 1 atom stereocenters. The number of carboxylic acids is 1. The average molecular weight is 259 g/mol. The number of anilines is 1. The Bertz CT molecular complexity index is 484. The van der Waals surface area contributed by atoms with Gasteiger partial charge in [0.2, 0.25) is 0 Å². The van der Waals surface area contributed by atoms with Gasteiger partial charge in [0.1, 0.15) is 0 Å². The van der Waals surface area contributed by atoms with E-state index in [-0.39, 0.29) is 0 Å². The van der Waals surface area contributed by atoms with E-state index in [1.54, 1.807) is 0 Å². The lowest BCUT2D eigenvalue weighted by Crippen LogP contribution is -2.21. The van der Waals surface area contributed by atoms with Gasteiger partial charge in [0.25, 0.3) is 0 Å². The van der Waals surface area contributed by atoms with Crippen molar-refractivity contribution in [2.45, 2.75) is 38.5 Å². The van der Waals surface area contributed by atoms with E-state index in [9.17, 15) is 4.79 Å². The third kappa shape index (κ3) is 2.75. The minimum absolute atomic E-state index is 0.307. The number of carboxylic acid groups (broad SMARTS) is 1. The van der Waals surface area contributed by atoms with Gasteiger partial charge in [-0.25, -0.2) is 0 Å². The van der Waals surface area contributed by atoms with Gasteiger partial charge in [-0.3, -0.25) is 4.79 Å². The van der Waals surface area contributed by atoms with Crippen molar-refractivity contribution < 1.29 is 9.90 Å².